The number of thioether (sulfide) groups is 1. The number of aliphatic hydroxyl groups is 1. The molecule has 0 aliphatic carbocycles. The second-order valence-electron chi connectivity index (χ2n) is 4.36. The molecule has 1 aromatic carbocycles. The van der Waals surface area contributed by atoms with Crippen LogP contribution in [0.2, 0.25) is 0 Å². The van der Waals surface area contributed by atoms with E-state index in [0.717, 1.165) is 11.3 Å². The number of aliphatic hydroxyl groups excluding tert-OH is 1. The van der Waals surface area contributed by atoms with Crippen molar-refractivity contribution in [3.8, 4) is 5.75 Å². The van der Waals surface area contributed by atoms with Gasteiger partial charge in [0, 0.05) is 17.4 Å². The molecule has 0 spiro atoms. The summed E-state index contributed by atoms with van der Waals surface area (Å²) in [6.45, 7) is 1.93. The number of amides is 1. The predicted molar refractivity (Wildman–Crippen MR) is 84.0 cm³/mol. The molecule has 2 N–H and O–H groups in total. The van der Waals surface area contributed by atoms with Crippen LogP contribution in [-0.2, 0) is 4.79 Å². The first-order chi connectivity index (χ1) is 9.60. The summed E-state index contributed by atoms with van der Waals surface area (Å²) >= 11 is 1.53. The summed E-state index contributed by atoms with van der Waals surface area (Å²) in [6.07, 6.45) is 5.13. The Morgan fingerprint density at radius 1 is 1.55 bits per heavy atom. The molecule has 5 heteroatoms. The van der Waals surface area contributed by atoms with Crippen molar-refractivity contribution in [2.75, 3.05) is 20.0 Å². The Morgan fingerprint density at radius 2 is 2.30 bits per heavy atom. The van der Waals surface area contributed by atoms with Crippen molar-refractivity contribution in [3.05, 3.63) is 35.9 Å². The van der Waals surface area contributed by atoms with E-state index in [2.05, 4.69) is 5.32 Å². The molecule has 110 valence electrons. The summed E-state index contributed by atoms with van der Waals surface area (Å²) in [6, 6.07) is 7.38. The third-order valence-corrected chi connectivity index (χ3v) is 4.09. The Kier molecular flexibility index (Phi) is 7.18. The van der Waals surface area contributed by atoms with Gasteiger partial charge in [0.05, 0.1) is 13.7 Å². The number of nitrogens with one attached hydrogen (secondary N) is 1. The van der Waals surface area contributed by atoms with Crippen molar-refractivity contribution >= 4 is 23.7 Å². The van der Waals surface area contributed by atoms with Gasteiger partial charge in [0.2, 0.25) is 5.91 Å². The number of carbonyl (C=O) groups excluding carboxylic acids is 1. The maximum Gasteiger partial charge on any atom is 0.244 e. The molecule has 1 amide bonds. The molecule has 0 aromatic heterocycles. The number of benzene rings is 1. The summed E-state index contributed by atoms with van der Waals surface area (Å²) in [5.41, 5.74) is 0.899. The van der Waals surface area contributed by atoms with Gasteiger partial charge in [0.1, 0.15) is 5.75 Å². The first-order valence-corrected chi connectivity index (χ1v) is 7.65. The lowest BCUT2D eigenvalue weighted by Gasteiger charge is -2.20. The highest BCUT2D eigenvalue weighted by Gasteiger charge is 2.15. The Labute approximate surface area is 124 Å². The van der Waals surface area contributed by atoms with Crippen LogP contribution >= 0.6 is 11.8 Å². The molecule has 0 fully saturated rings. The fourth-order valence-corrected chi connectivity index (χ4v) is 2.34. The van der Waals surface area contributed by atoms with Gasteiger partial charge in [-0.2, -0.15) is 11.8 Å². The van der Waals surface area contributed by atoms with Crippen LogP contribution in [0.3, 0.4) is 0 Å². The van der Waals surface area contributed by atoms with Crippen LogP contribution < -0.4 is 10.1 Å². The summed E-state index contributed by atoms with van der Waals surface area (Å²) in [5.74, 6) is 0.580. The van der Waals surface area contributed by atoms with E-state index in [1.54, 1.807) is 13.2 Å². The second-order valence-corrected chi connectivity index (χ2v) is 5.44. The first kappa shape index (κ1) is 16.6. The highest BCUT2D eigenvalue weighted by Crippen LogP contribution is 2.14. The molecule has 0 aliphatic rings. The number of carbonyl (C=O) groups is 1. The fourth-order valence-electron chi connectivity index (χ4n) is 1.72. The Balaban J connectivity index is 2.58. The third-order valence-electron chi connectivity index (χ3n) is 2.93. The van der Waals surface area contributed by atoms with Crippen LogP contribution in [-0.4, -0.2) is 42.3 Å². The summed E-state index contributed by atoms with van der Waals surface area (Å²) in [4.78, 5) is 11.8. The summed E-state index contributed by atoms with van der Waals surface area (Å²) in [7, 11) is 1.61. The average Bonchev–Trinajstić information content (AvgIpc) is 2.46. The van der Waals surface area contributed by atoms with Crippen LogP contribution in [0.5, 0.6) is 5.75 Å². The molecule has 0 aliphatic heterocycles. The van der Waals surface area contributed by atoms with Gasteiger partial charge in [0.25, 0.3) is 0 Å². The highest BCUT2D eigenvalue weighted by atomic mass is 32.2. The number of hydrogen-bond donors (Lipinski definition) is 2. The molecule has 0 heterocycles. The van der Waals surface area contributed by atoms with Crippen molar-refractivity contribution in [2.45, 2.75) is 18.2 Å². The van der Waals surface area contributed by atoms with Crippen LogP contribution in [0.15, 0.2) is 30.3 Å². The zero-order chi connectivity index (χ0) is 15.0. The van der Waals surface area contributed by atoms with E-state index >= 15 is 0 Å². The standard InChI is InChI=1S/C15H21NO3S/c1-11(14(10-17)20-3)16-15(18)8-7-12-5-4-6-13(9-12)19-2/h4-9,11,14,17H,10H2,1-3H3,(H,16,18)/b8-7+. The zero-order valence-corrected chi connectivity index (χ0v) is 12.8. The number of hydrogen-bond acceptors (Lipinski definition) is 4. The number of rotatable bonds is 7. The van der Waals surface area contributed by atoms with Crippen LogP contribution in [0.4, 0.5) is 0 Å². The molecule has 2 unspecified atom stereocenters. The molecule has 20 heavy (non-hydrogen) atoms. The van der Waals surface area contributed by atoms with Crippen molar-refractivity contribution in [1.82, 2.24) is 5.32 Å². The Morgan fingerprint density at radius 3 is 2.90 bits per heavy atom. The molecule has 2 atom stereocenters. The Bertz CT molecular complexity index is 458. The quantitative estimate of drug-likeness (QED) is 0.755. The van der Waals surface area contributed by atoms with E-state index in [1.165, 1.54) is 17.8 Å². The topological polar surface area (TPSA) is 58.6 Å². The molecular weight excluding hydrogens is 274 g/mol. The monoisotopic (exact) mass is 295 g/mol. The van der Waals surface area contributed by atoms with E-state index in [-0.39, 0.29) is 23.8 Å². The van der Waals surface area contributed by atoms with Crippen molar-refractivity contribution < 1.29 is 14.6 Å². The summed E-state index contributed by atoms with van der Waals surface area (Å²) < 4.78 is 5.12. The van der Waals surface area contributed by atoms with E-state index in [4.69, 9.17) is 4.74 Å². The second kappa shape index (κ2) is 8.66. The van der Waals surface area contributed by atoms with E-state index in [1.807, 2.05) is 37.4 Å². The van der Waals surface area contributed by atoms with Gasteiger partial charge >= 0.3 is 0 Å². The predicted octanol–water partition coefficient (Wildman–Crippen LogP) is 1.94. The van der Waals surface area contributed by atoms with Gasteiger partial charge in [0.15, 0.2) is 0 Å². The van der Waals surface area contributed by atoms with Crippen LogP contribution in [0.1, 0.15) is 12.5 Å². The maximum atomic E-state index is 11.8. The molecule has 0 bridgehead atoms. The van der Waals surface area contributed by atoms with Gasteiger partial charge in [-0.1, -0.05) is 12.1 Å². The lowest BCUT2D eigenvalue weighted by Crippen LogP contribution is -2.40. The maximum absolute atomic E-state index is 11.8. The van der Waals surface area contributed by atoms with Gasteiger partial charge in [-0.05, 0) is 37.0 Å². The lowest BCUT2D eigenvalue weighted by atomic mass is 10.2. The molecule has 4 nitrogen and oxygen atoms in total. The van der Waals surface area contributed by atoms with Gasteiger partial charge in [-0.25, -0.2) is 0 Å². The third kappa shape index (κ3) is 5.27. The van der Waals surface area contributed by atoms with E-state index < -0.39 is 0 Å². The highest BCUT2D eigenvalue weighted by molar-refractivity contribution is 7.99. The Hall–Kier alpha value is -1.46. The largest absolute Gasteiger partial charge is 0.497 e. The van der Waals surface area contributed by atoms with E-state index in [9.17, 15) is 9.90 Å². The van der Waals surface area contributed by atoms with Gasteiger partial charge in [-0.15, -0.1) is 0 Å². The SMILES string of the molecule is COc1cccc(/C=C/C(=O)NC(C)C(CO)SC)c1. The van der Waals surface area contributed by atoms with Crippen molar-refractivity contribution in [2.24, 2.45) is 0 Å². The zero-order valence-electron chi connectivity index (χ0n) is 12.0. The minimum atomic E-state index is -0.173. The van der Waals surface area contributed by atoms with Gasteiger partial charge < -0.3 is 15.2 Å². The summed E-state index contributed by atoms with van der Waals surface area (Å²) in [5, 5.41) is 12.0. The molecule has 0 saturated heterocycles. The minimum Gasteiger partial charge on any atom is -0.497 e. The fraction of sp³-hybridized carbons (Fsp3) is 0.400. The first-order valence-electron chi connectivity index (χ1n) is 6.37. The van der Waals surface area contributed by atoms with Crippen LogP contribution in [0, 0.1) is 0 Å². The smallest absolute Gasteiger partial charge is 0.244 e. The van der Waals surface area contributed by atoms with E-state index in [0.29, 0.717) is 0 Å². The lowest BCUT2D eigenvalue weighted by molar-refractivity contribution is -0.117. The molecule has 0 saturated carbocycles. The molecule has 1 aromatic rings. The average molecular weight is 295 g/mol. The number of ether oxygens (including phenoxy) is 1. The normalized spacial score (nSPS) is 14.0. The van der Waals surface area contributed by atoms with Crippen molar-refractivity contribution in [1.29, 1.82) is 0 Å². The number of methoxy groups -OCH3 is 1. The molecule has 0 radical (unpaired) electrons. The molecular formula is C15H21NO3S. The van der Waals surface area contributed by atoms with Crippen LogP contribution in [0.25, 0.3) is 6.08 Å². The van der Waals surface area contributed by atoms with Gasteiger partial charge in [-0.3, -0.25) is 4.79 Å². The minimum absolute atomic E-state index is 0.00386. The van der Waals surface area contributed by atoms with Crippen molar-refractivity contribution in [3.63, 3.8) is 0 Å². The molecule has 1 rings (SSSR count).